The molecule has 1 aromatic heterocycles. The summed E-state index contributed by atoms with van der Waals surface area (Å²) in [5.74, 6) is -0.0376. The van der Waals surface area contributed by atoms with E-state index in [0.717, 1.165) is 37.9 Å². The monoisotopic (exact) mass is 313 g/mol. The molecule has 0 spiro atoms. The zero-order valence-corrected chi connectivity index (χ0v) is 12.9. The Kier molecular flexibility index (Phi) is 4.76. The molecule has 1 fully saturated rings. The molecule has 0 atom stereocenters. The Bertz CT molecular complexity index is 717. The van der Waals surface area contributed by atoms with Gasteiger partial charge in [-0.25, -0.2) is 0 Å². The third kappa shape index (κ3) is 3.80. The van der Waals surface area contributed by atoms with Crippen LogP contribution < -0.4 is 10.2 Å². The van der Waals surface area contributed by atoms with Crippen LogP contribution in [0.1, 0.15) is 35.4 Å². The first-order chi connectivity index (χ1) is 11.2. The van der Waals surface area contributed by atoms with Gasteiger partial charge in [-0.05, 0) is 24.8 Å². The van der Waals surface area contributed by atoms with E-state index < -0.39 is 0 Å². The maximum atomic E-state index is 12.3. The van der Waals surface area contributed by atoms with Crippen molar-refractivity contribution in [3.63, 3.8) is 0 Å². The molecule has 0 aliphatic carbocycles. The molecule has 1 aliphatic heterocycles. The third-order valence-electron chi connectivity index (χ3n) is 3.89. The minimum atomic E-state index is -0.340. The Labute approximate surface area is 134 Å². The number of nitrogens with zero attached hydrogens (tertiary/aromatic N) is 1. The number of rotatable bonds is 4. The molecule has 120 valence electrons. The molecule has 1 aliphatic rings. The Balaban J connectivity index is 1.68. The van der Waals surface area contributed by atoms with E-state index in [1.807, 2.05) is 30.3 Å². The topological polar surface area (TPSA) is 59.8 Å². The van der Waals surface area contributed by atoms with E-state index in [0.29, 0.717) is 0 Å². The molecule has 1 aromatic carbocycles. The van der Waals surface area contributed by atoms with E-state index in [9.17, 15) is 9.59 Å². The highest BCUT2D eigenvalue weighted by atomic mass is 16.5. The first-order valence-corrected chi connectivity index (χ1v) is 7.83. The van der Waals surface area contributed by atoms with Crippen LogP contribution in [0.4, 0.5) is 0 Å². The Morgan fingerprint density at radius 1 is 1.13 bits per heavy atom. The van der Waals surface area contributed by atoms with E-state index in [4.69, 9.17) is 9.15 Å². The van der Waals surface area contributed by atoms with Gasteiger partial charge < -0.3 is 14.1 Å². The molecule has 3 rings (SSSR count). The summed E-state index contributed by atoms with van der Waals surface area (Å²) in [6.45, 7) is 1.72. The standard InChI is InChI=1S/C18H19NO4/c20-15-11-16(18(21)19-9-5-2-6-10-19)23-13-17(15)22-12-14-7-3-1-4-8-14/h1,3-4,7-8,11,13H,2,5-6,9-10,12H2. The number of likely N-dealkylation sites (tertiary alicyclic amines) is 1. The molecule has 2 heterocycles. The average molecular weight is 313 g/mol. The predicted molar refractivity (Wildman–Crippen MR) is 85.5 cm³/mol. The zero-order chi connectivity index (χ0) is 16.1. The van der Waals surface area contributed by atoms with Gasteiger partial charge in [-0.15, -0.1) is 0 Å². The Hall–Kier alpha value is -2.56. The van der Waals surface area contributed by atoms with Crippen molar-refractivity contribution >= 4 is 5.91 Å². The summed E-state index contributed by atoms with van der Waals surface area (Å²) in [7, 11) is 0. The van der Waals surface area contributed by atoms with Gasteiger partial charge >= 0.3 is 0 Å². The second-order valence-electron chi connectivity index (χ2n) is 5.60. The lowest BCUT2D eigenvalue weighted by molar-refractivity contribution is 0.0688. The number of hydrogen-bond acceptors (Lipinski definition) is 4. The molecule has 0 saturated carbocycles. The summed E-state index contributed by atoms with van der Waals surface area (Å²) in [5, 5.41) is 0. The predicted octanol–water partition coefficient (Wildman–Crippen LogP) is 2.84. The van der Waals surface area contributed by atoms with E-state index in [1.165, 1.54) is 12.3 Å². The summed E-state index contributed by atoms with van der Waals surface area (Å²) >= 11 is 0. The summed E-state index contributed by atoms with van der Waals surface area (Å²) in [6, 6.07) is 10.8. The molecular formula is C18H19NO4. The van der Waals surface area contributed by atoms with Crippen molar-refractivity contribution in [2.24, 2.45) is 0 Å². The lowest BCUT2D eigenvalue weighted by atomic mass is 10.1. The van der Waals surface area contributed by atoms with Crippen molar-refractivity contribution in [2.75, 3.05) is 13.1 Å². The molecule has 0 N–H and O–H groups in total. The van der Waals surface area contributed by atoms with Crippen LogP contribution in [-0.4, -0.2) is 23.9 Å². The molecule has 0 unspecified atom stereocenters. The highest BCUT2D eigenvalue weighted by Crippen LogP contribution is 2.14. The van der Waals surface area contributed by atoms with Crippen LogP contribution in [0.5, 0.6) is 5.75 Å². The minimum Gasteiger partial charge on any atom is -0.482 e. The van der Waals surface area contributed by atoms with Crippen LogP contribution in [0.25, 0.3) is 0 Å². The van der Waals surface area contributed by atoms with Gasteiger partial charge in [0.15, 0.2) is 5.76 Å². The van der Waals surface area contributed by atoms with Gasteiger partial charge in [0.05, 0.1) is 0 Å². The van der Waals surface area contributed by atoms with Crippen molar-refractivity contribution < 1.29 is 13.9 Å². The molecule has 5 heteroatoms. The van der Waals surface area contributed by atoms with Crippen LogP contribution in [0.3, 0.4) is 0 Å². The first kappa shape index (κ1) is 15.3. The maximum Gasteiger partial charge on any atom is 0.289 e. The number of ether oxygens (including phenoxy) is 1. The van der Waals surface area contributed by atoms with Crippen molar-refractivity contribution in [3.8, 4) is 5.75 Å². The second-order valence-corrected chi connectivity index (χ2v) is 5.60. The number of hydrogen-bond donors (Lipinski definition) is 0. The fourth-order valence-corrected chi connectivity index (χ4v) is 2.60. The van der Waals surface area contributed by atoms with E-state index in [-0.39, 0.29) is 29.5 Å². The summed E-state index contributed by atoms with van der Waals surface area (Å²) in [5.41, 5.74) is 0.618. The highest BCUT2D eigenvalue weighted by Gasteiger charge is 2.21. The van der Waals surface area contributed by atoms with Crippen molar-refractivity contribution in [1.29, 1.82) is 0 Å². The van der Waals surface area contributed by atoms with Gasteiger partial charge in [-0.2, -0.15) is 0 Å². The SMILES string of the molecule is O=C(c1cc(=O)c(OCc2ccccc2)co1)N1CCCCC1. The molecule has 23 heavy (non-hydrogen) atoms. The molecule has 2 aromatic rings. The normalized spacial score (nSPS) is 14.5. The first-order valence-electron chi connectivity index (χ1n) is 7.83. The van der Waals surface area contributed by atoms with Crippen LogP contribution in [0.2, 0.25) is 0 Å². The number of amides is 1. The molecule has 0 bridgehead atoms. The summed E-state index contributed by atoms with van der Waals surface area (Å²) < 4.78 is 10.8. The highest BCUT2D eigenvalue weighted by molar-refractivity contribution is 5.91. The van der Waals surface area contributed by atoms with Gasteiger partial charge in [0.2, 0.25) is 11.2 Å². The zero-order valence-electron chi connectivity index (χ0n) is 12.9. The fraction of sp³-hybridized carbons (Fsp3) is 0.333. The van der Waals surface area contributed by atoms with Gasteiger partial charge in [0.1, 0.15) is 12.9 Å². The smallest absolute Gasteiger partial charge is 0.289 e. The number of carbonyl (C=O) groups excluding carboxylic acids is 1. The largest absolute Gasteiger partial charge is 0.482 e. The second kappa shape index (κ2) is 7.13. The molecular weight excluding hydrogens is 294 g/mol. The van der Waals surface area contributed by atoms with Crippen LogP contribution in [0, 0.1) is 0 Å². The van der Waals surface area contributed by atoms with Gasteiger partial charge in [-0.3, -0.25) is 9.59 Å². The van der Waals surface area contributed by atoms with Crippen LogP contribution in [0.15, 0.2) is 51.9 Å². The van der Waals surface area contributed by atoms with E-state index in [2.05, 4.69) is 0 Å². The summed E-state index contributed by atoms with van der Waals surface area (Å²) in [4.78, 5) is 26.1. The van der Waals surface area contributed by atoms with Gasteiger partial charge in [0.25, 0.3) is 5.91 Å². The maximum absolute atomic E-state index is 12.3. The fourth-order valence-electron chi connectivity index (χ4n) is 2.60. The van der Waals surface area contributed by atoms with Crippen molar-refractivity contribution in [2.45, 2.75) is 25.9 Å². The third-order valence-corrected chi connectivity index (χ3v) is 3.89. The molecule has 5 nitrogen and oxygen atoms in total. The number of piperidine rings is 1. The molecule has 0 radical (unpaired) electrons. The quantitative estimate of drug-likeness (QED) is 0.871. The molecule has 1 saturated heterocycles. The van der Waals surface area contributed by atoms with Crippen LogP contribution >= 0.6 is 0 Å². The van der Waals surface area contributed by atoms with Gasteiger partial charge in [0, 0.05) is 19.2 Å². The van der Waals surface area contributed by atoms with E-state index >= 15 is 0 Å². The lowest BCUT2D eigenvalue weighted by Gasteiger charge is -2.25. The Morgan fingerprint density at radius 2 is 1.87 bits per heavy atom. The van der Waals surface area contributed by atoms with Crippen molar-refractivity contribution in [3.05, 3.63) is 64.2 Å². The van der Waals surface area contributed by atoms with Gasteiger partial charge in [-0.1, -0.05) is 30.3 Å². The van der Waals surface area contributed by atoms with Crippen LogP contribution in [-0.2, 0) is 6.61 Å². The Morgan fingerprint density at radius 3 is 2.57 bits per heavy atom. The average Bonchev–Trinajstić information content (AvgIpc) is 2.61. The van der Waals surface area contributed by atoms with E-state index in [1.54, 1.807) is 4.90 Å². The molecule has 1 amide bonds. The van der Waals surface area contributed by atoms with Crippen molar-refractivity contribution in [1.82, 2.24) is 4.90 Å². The number of benzene rings is 1. The lowest BCUT2D eigenvalue weighted by Crippen LogP contribution is -2.35. The number of carbonyl (C=O) groups is 1. The minimum absolute atomic E-state index is 0.0731. The summed E-state index contributed by atoms with van der Waals surface area (Å²) in [6.07, 6.45) is 4.35.